The van der Waals surface area contributed by atoms with E-state index in [0.717, 1.165) is 5.75 Å². The van der Waals surface area contributed by atoms with Crippen LogP contribution in [0, 0.1) is 0 Å². The van der Waals surface area contributed by atoms with Gasteiger partial charge in [-0.2, -0.15) is 0 Å². The van der Waals surface area contributed by atoms with Gasteiger partial charge in [-0.05, 0) is 43.3 Å². The summed E-state index contributed by atoms with van der Waals surface area (Å²) >= 11 is 0. The van der Waals surface area contributed by atoms with Crippen molar-refractivity contribution in [1.29, 1.82) is 0 Å². The van der Waals surface area contributed by atoms with Crippen LogP contribution in [0.4, 0.5) is 5.69 Å². The fourth-order valence-electron chi connectivity index (χ4n) is 2.44. The number of ether oxygens (including phenoxy) is 3. The molecule has 5 nitrogen and oxygen atoms in total. The van der Waals surface area contributed by atoms with Gasteiger partial charge in [0.05, 0.1) is 12.3 Å². The zero-order chi connectivity index (χ0) is 18.9. The largest absolute Gasteiger partial charge is 0.492 e. The Labute approximate surface area is 158 Å². The summed E-state index contributed by atoms with van der Waals surface area (Å²) in [6, 6.07) is 23.9. The summed E-state index contributed by atoms with van der Waals surface area (Å²) < 4.78 is 16.9. The first-order valence-corrected chi connectivity index (χ1v) is 8.72. The van der Waals surface area contributed by atoms with Gasteiger partial charge in [-0.1, -0.05) is 36.4 Å². The Morgan fingerprint density at radius 2 is 1.52 bits per heavy atom. The third-order valence-electron chi connectivity index (χ3n) is 3.62. The van der Waals surface area contributed by atoms with Gasteiger partial charge >= 0.3 is 0 Å². The number of carbonyl (C=O) groups is 1. The molecule has 5 heteroatoms. The van der Waals surface area contributed by atoms with Gasteiger partial charge in [0.25, 0.3) is 5.91 Å². The summed E-state index contributed by atoms with van der Waals surface area (Å²) in [7, 11) is 0. The standard InChI is InChI=1S/C22H21NO4/c1-2-25-21-14-7-6-13-20(21)23-22(24)16-26-18-11-8-12-19(15-18)27-17-9-4-3-5-10-17/h3-15H,2,16H2,1H3,(H,23,24). The number of amides is 1. The maximum absolute atomic E-state index is 12.2. The van der Waals surface area contributed by atoms with Crippen molar-refractivity contribution >= 4 is 11.6 Å². The summed E-state index contributed by atoms with van der Waals surface area (Å²) in [6.45, 7) is 2.30. The van der Waals surface area contributed by atoms with Gasteiger partial charge < -0.3 is 19.5 Å². The van der Waals surface area contributed by atoms with E-state index in [1.807, 2.05) is 67.6 Å². The molecule has 0 heterocycles. The van der Waals surface area contributed by atoms with Crippen molar-refractivity contribution in [3.8, 4) is 23.0 Å². The van der Waals surface area contributed by atoms with Crippen LogP contribution in [0.15, 0.2) is 78.9 Å². The molecule has 0 fully saturated rings. The molecule has 0 aliphatic rings. The van der Waals surface area contributed by atoms with Gasteiger partial charge in [-0.25, -0.2) is 0 Å². The predicted molar refractivity (Wildman–Crippen MR) is 105 cm³/mol. The minimum atomic E-state index is -0.267. The van der Waals surface area contributed by atoms with Crippen molar-refractivity contribution in [1.82, 2.24) is 0 Å². The van der Waals surface area contributed by atoms with Gasteiger partial charge in [0, 0.05) is 6.07 Å². The van der Waals surface area contributed by atoms with Gasteiger partial charge in [0.15, 0.2) is 6.61 Å². The summed E-state index contributed by atoms with van der Waals surface area (Å²) in [5, 5.41) is 2.80. The summed E-state index contributed by atoms with van der Waals surface area (Å²) in [4.78, 5) is 12.2. The van der Waals surface area contributed by atoms with Gasteiger partial charge in [-0.3, -0.25) is 4.79 Å². The maximum Gasteiger partial charge on any atom is 0.262 e. The van der Waals surface area contributed by atoms with Crippen molar-refractivity contribution in [3.63, 3.8) is 0 Å². The minimum absolute atomic E-state index is 0.116. The number of hydrogen-bond donors (Lipinski definition) is 1. The van der Waals surface area contributed by atoms with Crippen LogP contribution in [0.2, 0.25) is 0 Å². The molecule has 0 bridgehead atoms. The van der Waals surface area contributed by atoms with E-state index in [4.69, 9.17) is 14.2 Å². The monoisotopic (exact) mass is 363 g/mol. The number of hydrogen-bond acceptors (Lipinski definition) is 4. The van der Waals surface area contributed by atoms with Crippen LogP contribution >= 0.6 is 0 Å². The second-order valence-electron chi connectivity index (χ2n) is 5.66. The minimum Gasteiger partial charge on any atom is -0.492 e. The number of para-hydroxylation sites is 3. The lowest BCUT2D eigenvalue weighted by atomic mass is 10.3. The average molecular weight is 363 g/mol. The number of carbonyl (C=O) groups excluding carboxylic acids is 1. The van der Waals surface area contributed by atoms with Gasteiger partial charge in [-0.15, -0.1) is 0 Å². The van der Waals surface area contributed by atoms with Crippen LogP contribution in [0.25, 0.3) is 0 Å². The van der Waals surface area contributed by atoms with Crippen molar-refractivity contribution in [2.24, 2.45) is 0 Å². The van der Waals surface area contributed by atoms with E-state index in [9.17, 15) is 4.79 Å². The molecule has 0 saturated carbocycles. The molecule has 0 radical (unpaired) electrons. The molecule has 0 aromatic heterocycles. The number of rotatable bonds is 8. The van der Waals surface area contributed by atoms with Crippen LogP contribution in [0.3, 0.4) is 0 Å². The SMILES string of the molecule is CCOc1ccccc1NC(=O)COc1cccc(Oc2ccccc2)c1. The molecule has 0 unspecified atom stereocenters. The first-order valence-electron chi connectivity index (χ1n) is 8.72. The molecule has 0 atom stereocenters. The molecule has 0 aliphatic carbocycles. The van der Waals surface area contributed by atoms with Gasteiger partial charge in [0.2, 0.25) is 0 Å². The Balaban J connectivity index is 1.57. The van der Waals surface area contributed by atoms with Crippen molar-refractivity contribution in [3.05, 3.63) is 78.9 Å². The van der Waals surface area contributed by atoms with Crippen LogP contribution in [-0.2, 0) is 4.79 Å². The Hall–Kier alpha value is -3.47. The van der Waals surface area contributed by atoms with Crippen molar-refractivity contribution in [2.45, 2.75) is 6.92 Å². The van der Waals surface area contributed by atoms with Crippen LogP contribution in [0.1, 0.15) is 6.92 Å². The van der Waals surface area contributed by atoms with Crippen molar-refractivity contribution in [2.75, 3.05) is 18.5 Å². The highest BCUT2D eigenvalue weighted by atomic mass is 16.5. The molecule has 3 rings (SSSR count). The molecule has 3 aromatic rings. The first-order chi connectivity index (χ1) is 13.2. The second-order valence-corrected chi connectivity index (χ2v) is 5.66. The predicted octanol–water partition coefficient (Wildman–Crippen LogP) is 4.90. The third kappa shape index (κ3) is 5.51. The maximum atomic E-state index is 12.2. The van der Waals surface area contributed by atoms with Crippen molar-refractivity contribution < 1.29 is 19.0 Å². The van der Waals surface area contributed by atoms with E-state index in [1.165, 1.54) is 0 Å². The van der Waals surface area contributed by atoms with E-state index in [1.54, 1.807) is 18.2 Å². The molecular formula is C22H21NO4. The Morgan fingerprint density at radius 1 is 0.815 bits per heavy atom. The highest BCUT2D eigenvalue weighted by Gasteiger charge is 2.08. The van der Waals surface area contributed by atoms with Crippen LogP contribution < -0.4 is 19.5 Å². The molecule has 0 aliphatic heterocycles. The first kappa shape index (κ1) is 18.3. The number of anilines is 1. The average Bonchev–Trinajstić information content (AvgIpc) is 2.69. The Morgan fingerprint density at radius 3 is 2.33 bits per heavy atom. The quantitative estimate of drug-likeness (QED) is 0.619. The normalized spacial score (nSPS) is 10.1. The van der Waals surface area contributed by atoms with E-state index in [0.29, 0.717) is 29.5 Å². The second kappa shape index (κ2) is 9.29. The molecule has 138 valence electrons. The molecule has 0 saturated heterocycles. The van der Waals surface area contributed by atoms with Gasteiger partial charge in [0.1, 0.15) is 23.0 Å². The highest BCUT2D eigenvalue weighted by molar-refractivity contribution is 5.93. The van der Waals surface area contributed by atoms with E-state index in [-0.39, 0.29) is 12.5 Å². The summed E-state index contributed by atoms with van der Waals surface area (Å²) in [5.74, 6) is 2.29. The Bertz CT molecular complexity index is 880. The molecule has 1 N–H and O–H groups in total. The number of benzene rings is 3. The third-order valence-corrected chi connectivity index (χ3v) is 3.62. The molecule has 0 spiro atoms. The smallest absolute Gasteiger partial charge is 0.262 e. The molecule has 3 aromatic carbocycles. The molecular weight excluding hydrogens is 342 g/mol. The molecule has 1 amide bonds. The van der Waals surface area contributed by atoms with Crippen LogP contribution in [-0.4, -0.2) is 19.1 Å². The lowest BCUT2D eigenvalue weighted by Gasteiger charge is -2.12. The zero-order valence-electron chi connectivity index (χ0n) is 15.1. The zero-order valence-corrected chi connectivity index (χ0v) is 15.1. The van der Waals surface area contributed by atoms with Crippen LogP contribution in [0.5, 0.6) is 23.0 Å². The Kier molecular flexibility index (Phi) is 6.30. The lowest BCUT2D eigenvalue weighted by Crippen LogP contribution is -2.20. The molecule has 27 heavy (non-hydrogen) atoms. The fraction of sp³-hybridized carbons (Fsp3) is 0.136. The van der Waals surface area contributed by atoms with E-state index in [2.05, 4.69) is 5.32 Å². The lowest BCUT2D eigenvalue weighted by molar-refractivity contribution is -0.118. The van der Waals surface area contributed by atoms with E-state index < -0.39 is 0 Å². The number of nitrogens with one attached hydrogen (secondary N) is 1. The summed E-state index contributed by atoms with van der Waals surface area (Å²) in [5.41, 5.74) is 0.620. The summed E-state index contributed by atoms with van der Waals surface area (Å²) in [6.07, 6.45) is 0. The van der Waals surface area contributed by atoms with E-state index >= 15 is 0 Å². The topological polar surface area (TPSA) is 56.8 Å². The highest BCUT2D eigenvalue weighted by Crippen LogP contribution is 2.26. The fourth-order valence-corrected chi connectivity index (χ4v) is 2.44.